The smallest absolute Gasteiger partial charge is 0.0607 e. The van der Waals surface area contributed by atoms with E-state index in [0.717, 1.165) is 26.3 Å². The molecule has 0 N–H and O–H groups in total. The molecule has 0 spiro atoms. The molecule has 0 bridgehead atoms. The summed E-state index contributed by atoms with van der Waals surface area (Å²) in [6.45, 7) is 3.29. The first-order valence-corrected chi connectivity index (χ1v) is 2.72. The zero-order valence-electron chi connectivity index (χ0n) is 4.47. The predicted molar refractivity (Wildman–Crippen MR) is 35.5 cm³/mol. The molecule has 1 aliphatic rings. The molecule has 0 radical (unpaired) electrons. The first kappa shape index (κ1) is 8.50. The van der Waals surface area contributed by atoms with Crippen molar-refractivity contribution >= 4 is 24.2 Å². The molecule has 8 heavy (non-hydrogen) atoms. The molecule has 50 valence electrons. The molecule has 1 aliphatic heterocycles. The van der Waals surface area contributed by atoms with E-state index >= 15 is 0 Å². The van der Waals surface area contributed by atoms with Gasteiger partial charge in [0.25, 0.3) is 0 Å². The molecule has 4 heteroatoms. The van der Waals surface area contributed by atoms with Gasteiger partial charge in [0.1, 0.15) is 0 Å². The van der Waals surface area contributed by atoms with Gasteiger partial charge in [-0.05, 0) is 11.8 Å². The van der Waals surface area contributed by atoms with Gasteiger partial charge in [-0.2, -0.15) is 0 Å². The molecule has 1 heterocycles. The first-order valence-electron chi connectivity index (χ1n) is 2.38. The Bertz CT molecular complexity index is 56.0. The Kier molecular flexibility index (Phi) is 4.66. The number of hydrogen-bond acceptors (Lipinski definition) is 2. The van der Waals surface area contributed by atoms with Gasteiger partial charge in [-0.15, -0.1) is 12.4 Å². The van der Waals surface area contributed by atoms with Gasteiger partial charge < -0.3 is 4.74 Å². The van der Waals surface area contributed by atoms with Crippen molar-refractivity contribution in [1.29, 1.82) is 0 Å². The summed E-state index contributed by atoms with van der Waals surface area (Å²) in [5, 5.41) is 0. The van der Waals surface area contributed by atoms with Crippen LogP contribution in [0, 0.1) is 0 Å². The molecule has 1 fully saturated rings. The van der Waals surface area contributed by atoms with E-state index in [4.69, 9.17) is 16.5 Å². The van der Waals surface area contributed by atoms with E-state index in [1.807, 2.05) is 0 Å². The van der Waals surface area contributed by atoms with E-state index in [-0.39, 0.29) is 12.4 Å². The van der Waals surface area contributed by atoms with E-state index in [1.54, 1.807) is 4.42 Å². The van der Waals surface area contributed by atoms with Crippen molar-refractivity contribution < 1.29 is 4.74 Å². The largest absolute Gasteiger partial charge is 0.379 e. The molecule has 0 aromatic heterocycles. The Balaban J connectivity index is 0.000000490. The molecular formula is C4H9Cl2NO. The van der Waals surface area contributed by atoms with Crippen molar-refractivity contribution in [2.75, 3.05) is 26.3 Å². The molecule has 2 nitrogen and oxygen atoms in total. The summed E-state index contributed by atoms with van der Waals surface area (Å²) >= 11 is 5.57. The second kappa shape index (κ2) is 4.39. The van der Waals surface area contributed by atoms with Crippen LogP contribution in [0.1, 0.15) is 0 Å². The van der Waals surface area contributed by atoms with Gasteiger partial charge in [0.05, 0.1) is 13.2 Å². The molecule has 0 unspecified atom stereocenters. The molecule has 0 saturated carbocycles. The molecule has 0 aromatic rings. The zero-order chi connectivity index (χ0) is 5.11. The lowest BCUT2D eigenvalue weighted by Gasteiger charge is -2.18. The molecule has 0 aromatic carbocycles. The van der Waals surface area contributed by atoms with E-state index in [1.165, 1.54) is 0 Å². The Morgan fingerprint density at radius 2 is 1.75 bits per heavy atom. The molecule has 0 aliphatic carbocycles. The number of halogens is 2. The van der Waals surface area contributed by atoms with Crippen LogP contribution in [0.25, 0.3) is 0 Å². The Labute approximate surface area is 60.3 Å². The van der Waals surface area contributed by atoms with Crippen LogP contribution in [0.4, 0.5) is 0 Å². The summed E-state index contributed by atoms with van der Waals surface area (Å²) in [5.41, 5.74) is 0. The van der Waals surface area contributed by atoms with Crippen LogP contribution in [-0.2, 0) is 4.74 Å². The molecule has 1 rings (SSSR count). The quantitative estimate of drug-likeness (QED) is 0.485. The van der Waals surface area contributed by atoms with Gasteiger partial charge >= 0.3 is 0 Å². The fourth-order valence-corrected chi connectivity index (χ4v) is 0.679. The van der Waals surface area contributed by atoms with Gasteiger partial charge in [-0.3, -0.25) is 0 Å². The summed E-state index contributed by atoms with van der Waals surface area (Å²) in [7, 11) is 0. The van der Waals surface area contributed by atoms with Crippen molar-refractivity contribution in [1.82, 2.24) is 4.42 Å². The lowest BCUT2D eigenvalue weighted by atomic mass is 10.5. The molecule has 0 atom stereocenters. The third kappa shape index (κ3) is 2.72. The van der Waals surface area contributed by atoms with Crippen molar-refractivity contribution in [2.45, 2.75) is 0 Å². The summed E-state index contributed by atoms with van der Waals surface area (Å²) in [4.78, 5) is 0. The minimum atomic E-state index is 0. The average Bonchev–Trinajstić information content (AvgIpc) is 1.69. The number of morpholine rings is 1. The number of rotatable bonds is 0. The highest BCUT2D eigenvalue weighted by Crippen LogP contribution is 1.97. The fraction of sp³-hybridized carbons (Fsp3) is 1.00. The summed E-state index contributed by atoms with van der Waals surface area (Å²) < 4.78 is 6.75. The minimum absolute atomic E-state index is 0. The fourth-order valence-electron chi connectivity index (χ4n) is 0.541. The van der Waals surface area contributed by atoms with E-state index < -0.39 is 0 Å². The van der Waals surface area contributed by atoms with E-state index in [9.17, 15) is 0 Å². The molecule has 1 saturated heterocycles. The van der Waals surface area contributed by atoms with Crippen LogP contribution < -0.4 is 0 Å². The number of hydrogen-bond donors (Lipinski definition) is 0. The van der Waals surface area contributed by atoms with Crippen LogP contribution in [-0.4, -0.2) is 30.7 Å². The van der Waals surface area contributed by atoms with Crippen LogP contribution >= 0.6 is 24.2 Å². The normalized spacial score (nSPS) is 22.1. The van der Waals surface area contributed by atoms with Gasteiger partial charge in [-0.1, -0.05) is 0 Å². The Hall–Kier alpha value is 0.500. The van der Waals surface area contributed by atoms with Crippen molar-refractivity contribution in [2.24, 2.45) is 0 Å². The maximum Gasteiger partial charge on any atom is 0.0607 e. The second-order valence-electron chi connectivity index (χ2n) is 1.52. The monoisotopic (exact) mass is 157 g/mol. The molecular weight excluding hydrogens is 149 g/mol. The van der Waals surface area contributed by atoms with Gasteiger partial charge in [-0.25, -0.2) is 4.42 Å². The van der Waals surface area contributed by atoms with Gasteiger partial charge in [0.15, 0.2) is 0 Å². The number of nitrogens with zero attached hydrogens (tertiary/aromatic N) is 1. The zero-order valence-corrected chi connectivity index (χ0v) is 6.04. The van der Waals surface area contributed by atoms with E-state index in [2.05, 4.69) is 0 Å². The summed E-state index contributed by atoms with van der Waals surface area (Å²) in [6.07, 6.45) is 0. The topological polar surface area (TPSA) is 12.5 Å². The SMILES string of the molecule is Cl.ClN1CCOCC1. The molecule has 0 amide bonds. The van der Waals surface area contributed by atoms with Crippen molar-refractivity contribution in [3.8, 4) is 0 Å². The maximum absolute atomic E-state index is 5.57. The average molecular weight is 158 g/mol. The third-order valence-corrected chi connectivity index (χ3v) is 1.29. The lowest BCUT2D eigenvalue weighted by Crippen LogP contribution is -2.28. The predicted octanol–water partition coefficient (Wildman–Crippen LogP) is 0.894. The number of ether oxygens (including phenoxy) is 1. The maximum atomic E-state index is 5.57. The summed E-state index contributed by atoms with van der Waals surface area (Å²) in [5.74, 6) is 0. The Morgan fingerprint density at radius 1 is 1.25 bits per heavy atom. The highest BCUT2D eigenvalue weighted by Gasteiger charge is 2.04. The van der Waals surface area contributed by atoms with Gasteiger partial charge in [0.2, 0.25) is 0 Å². The van der Waals surface area contributed by atoms with Gasteiger partial charge in [0, 0.05) is 13.1 Å². The first-order chi connectivity index (χ1) is 3.39. The summed E-state index contributed by atoms with van der Waals surface area (Å²) in [6, 6.07) is 0. The van der Waals surface area contributed by atoms with E-state index in [0.29, 0.717) is 0 Å². The standard InChI is InChI=1S/C4H8ClNO.ClH/c5-6-1-3-7-4-2-6;/h1-4H2;1H. The van der Waals surface area contributed by atoms with Crippen LogP contribution in [0.2, 0.25) is 0 Å². The highest BCUT2D eigenvalue weighted by molar-refractivity contribution is 6.13. The van der Waals surface area contributed by atoms with Crippen molar-refractivity contribution in [3.05, 3.63) is 0 Å². The lowest BCUT2D eigenvalue weighted by molar-refractivity contribution is 0.0742. The Morgan fingerprint density at radius 3 is 2.00 bits per heavy atom. The van der Waals surface area contributed by atoms with Crippen LogP contribution in [0.15, 0.2) is 0 Å². The highest BCUT2D eigenvalue weighted by atomic mass is 35.5. The van der Waals surface area contributed by atoms with Crippen LogP contribution in [0.5, 0.6) is 0 Å². The van der Waals surface area contributed by atoms with Crippen molar-refractivity contribution in [3.63, 3.8) is 0 Å². The minimum Gasteiger partial charge on any atom is -0.379 e. The van der Waals surface area contributed by atoms with Crippen LogP contribution in [0.3, 0.4) is 0 Å². The third-order valence-electron chi connectivity index (χ3n) is 0.957. The second-order valence-corrected chi connectivity index (χ2v) is 2.00.